The van der Waals surface area contributed by atoms with E-state index in [0.29, 0.717) is 32.3 Å². The number of benzene rings is 3. The van der Waals surface area contributed by atoms with Gasteiger partial charge in [-0.25, -0.2) is 0 Å². The van der Waals surface area contributed by atoms with Crippen molar-refractivity contribution in [1.29, 1.82) is 0 Å². The van der Waals surface area contributed by atoms with Crippen molar-refractivity contribution in [3.63, 3.8) is 0 Å². The van der Waals surface area contributed by atoms with Crippen molar-refractivity contribution in [3.05, 3.63) is 105 Å². The number of hydrogen-bond acceptors (Lipinski definition) is 2. The molecule has 0 unspecified atom stereocenters. The molecule has 0 radical (unpaired) electrons. The Morgan fingerprint density at radius 1 is 0.607 bits per heavy atom. The summed E-state index contributed by atoms with van der Waals surface area (Å²) in [6.07, 6.45) is 0. The molecule has 3 rings (SSSR count). The Bertz CT molecular complexity index is 952. The molecule has 142 valence electrons. The van der Waals surface area contributed by atoms with Gasteiger partial charge in [-0.05, 0) is 77.7 Å². The summed E-state index contributed by atoms with van der Waals surface area (Å²) in [7, 11) is 0. The van der Waals surface area contributed by atoms with Crippen molar-refractivity contribution in [2.45, 2.75) is 26.2 Å². The van der Waals surface area contributed by atoms with Crippen LogP contribution in [0.4, 0.5) is 0 Å². The molecule has 0 saturated carbocycles. The van der Waals surface area contributed by atoms with E-state index in [0.717, 1.165) is 5.56 Å². The molecule has 2 nitrogen and oxygen atoms in total. The van der Waals surface area contributed by atoms with Crippen LogP contribution in [0.2, 0.25) is 10.0 Å². The Morgan fingerprint density at radius 3 is 1.29 bits per heavy atom. The highest BCUT2D eigenvalue weighted by Gasteiger charge is 2.21. The van der Waals surface area contributed by atoms with Crippen LogP contribution in [0.3, 0.4) is 0 Å². The molecule has 0 amide bonds. The first kappa shape index (κ1) is 20.3. The molecule has 0 fully saturated rings. The fourth-order valence-electron chi connectivity index (χ4n) is 2.86. The van der Waals surface area contributed by atoms with Crippen LogP contribution in [0, 0.1) is 0 Å². The fraction of sp³-hybridized carbons (Fsp3) is 0.167. The van der Waals surface area contributed by atoms with E-state index in [1.54, 1.807) is 54.6 Å². The average Bonchev–Trinajstić information content (AvgIpc) is 2.67. The summed E-state index contributed by atoms with van der Waals surface area (Å²) in [6.45, 7) is 6.15. The van der Waals surface area contributed by atoms with Gasteiger partial charge in [-0.1, -0.05) is 44.0 Å². The van der Waals surface area contributed by atoms with Gasteiger partial charge in [-0.3, -0.25) is 9.59 Å². The Hall–Kier alpha value is -2.42. The van der Waals surface area contributed by atoms with Crippen LogP contribution in [-0.4, -0.2) is 11.6 Å². The lowest BCUT2D eigenvalue weighted by Gasteiger charge is -2.21. The van der Waals surface area contributed by atoms with Crippen molar-refractivity contribution < 1.29 is 9.59 Å². The van der Waals surface area contributed by atoms with Crippen LogP contribution < -0.4 is 0 Å². The van der Waals surface area contributed by atoms with Gasteiger partial charge in [0.05, 0.1) is 0 Å². The number of carbonyl (C=O) groups excluding carboxylic acids is 2. The van der Waals surface area contributed by atoms with E-state index in [2.05, 4.69) is 20.8 Å². The topological polar surface area (TPSA) is 34.1 Å². The third-order valence-electron chi connectivity index (χ3n) is 4.54. The maximum atomic E-state index is 13.0. The Kier molecular flexibility index (Phi) is 5.74. The van der Waals surface area contributed by atoms with Crippen molar-refractivity contribution >= 4 is 34.8 Å². The molecule has 0 aromatic heterocycles. The predicted molar refractivity (Wildman–Crippen MR) is 115 cm³/mol. The minimum Gasteiger partial charge on any atom is -0.289 e. The van der Waals surface area contributed by atoms with Crippen LogP contribution >= 0.6 is 23.2 Å². The monoisotopic (exact) mass is 410 g/mol. The molecule has 0 aliphatic rings. The molecular weight excluding hydrogens is 391 g/mol. The van der Waals surface area contributed by atoms with Gasteiger partial charge < -0.3 is 0 Å². The largest absolute Gasteiger partial charge is 0.289 e. The second-order valence-electron chi connectivity index (χ2n) is 7.72. The zero-order chi connectivity index (χ0) is 20.5. The number of carbonyl (C=O) groups is 2. The fourth-order valence-corrected chi connectivity index (χ4v) is 3.11. The van der Waals surface area contributed by atoms with Crippen molar-refractivity contribution in [3.8, 4) is 0 Å². The molecule has 0 heterocycles. The van der Waals surface area contributed by atoms with Gasteiger partial charge in [-0.15, -0.1) is 0 Å². The predicted octanol–water partition coefficient (Wildman–Crippen LogP) is 6.75. The first-order valence-corrected chi connectivity index (χ1v) is 9.67. The van der Waals surface area contributed by atoms with E-state index in [-0.39, 0.29) is 17.0 Å². The van der Waals surface area contributed by atoms with Crippen molar-refractivity contribution in [2.75, 3.05) is 0 Å². The van der Waals surface area contributed by atoms with E-state index >= 15 is 0 Å². The molecule has 0 spiro atoms. The third-order valence-corrected chi connectivity index (χ3v) is 5.04. The zero-order valence-electron chi connectivity index (χ0n) is 15.9. The van der Waals surface area contributed by atoms with E-state index in [9.17, 15) is 9.59 Å². The summed E-state index contributed by atoms with van der Waals surface area (Å²) < 4.78 is 0. The summed E-state index contributed by atoms with van der Waals surface area (Å²) in [6, 6.07) is 18.9. The van der Waals surface area contributed by atoms with Crippen LogP contribution in [0.15, 0.2) is 66.7 Å². The van der Waals surface area contributed by atoms with Gasteiger partial charge >= 0.3 is 0 Å². The van der Waals surface area contributed by atoms with Gasteiger partial charge in [0.15, 0.2) is 11.6 Å². The molecule has 0 atom stereocenters. The van der Waals surface area contributed by atoms with Crippen molar-refractivity contribution in [2.24, 2.45) is 0 Å². The normalized spacial score (nSPS) is 11.3. The van der Waals surface area contributed by atoms with Crippen LogP contribution in [0.5, 0.6) is 0 Å². The van der Waals surface area contributed by atoms with Gasteiger partial charge in [0.25, 0.3) is 0 Å². The molecule has 0 bridgehead atoms. The minimum absolute atomic E-state index is 0.145. The number of hydrogen-bond donors (Lipinski definition) is 0. The summed E-state index contributed by atoms with van der Waals surface area (Å²) in [4.78, 5) is 26.0. The Morgan fingerprint density at radius 2 is 0.964 bits per heavy atom. The van der Waals surface area contributed by atoms with Gasteiger partial charge in [-0.2, -0.15) is 0 Å². The van der Waals surface area contributed by atoms with E-state index < -0.39 is 0 Å². The standard InChI is InChI=1S/C24H20Cl2O2/c1-24(2,3)19-13-17(22(27)15-4-8-20(25)9-5-15)12-18(14-19)23(28)16-6-10-21(26)11-7-16/h4-14H,1-3H3. The molecule has 0 aliphatic heterocycles. The third kappa shape index (κ3) is 4.52. The minimum atomic E-state index is -0.217. The van der Waals surface area contributed by atoms with Crippen LogP contribution in [0.25, 0.3) is 0 Å². The molecule has 3 aromatic carbocycles. The average molecular weight is 411 g/mol. The van der Waals surface area contributed by atoms with Gasteiger partial charge in [0.2, 0.25) is 0 Å². The number of ketones is 2. The molecular formula is C24H20Cl2O2. The lowest BCUT2D eigenvalue weighted by Crippen LogP contribution is -2.15. The molecule has 4 heteroatoms. The van der Waals surface area contributed by atoms with E-state index in [4.69, 9.17) is 23.2 Å². The quantitative estimate of drug-likeness (QED) is 0.445. The second-order valence-corrected chi connectivity index (χ2v) is 8.59. The molecule has 0 N–H and O–H groups in total. The highest BCUT2D eigenvalue weighted by Crippen LogP contribution is 2.27. The molecule has 0 aliphatic carbocycles. The second kappa shape index (κ2) is 7.90. The molecule has 3 aromatic rings. The van der Waals surface area contributed by atoms with Gasteiger partial charge in [0.1, 0.15) is 0 Å². The van der Waals surface area contributed by atoms with Crippen molar-refractivity contribution in [1.82, 2.24) is 0 Å². The van der Waals surface area contributed by atoms with E-state index in [1.165, 1.54) is 0 Å². The SMILES string of the molecule is CC(C)(C)c1cc(C(=O)c2ccc(Cl)cc2)cc(C(=O)c2ccc(Cl)cc2)c1. The first-order valence-electron chi connectivity index (χ1n) is 8.91. The lowest BCUT2D eigenvalue weighted by molar-refractivity contribution is 0.103. The van der Waals surface area contributed by atoms with Crippen LogP contribution in [-0.2, 0) is 5.41 Å². The summed E-state index contributed by atoms with van der Waals surface area (Å²) in [5.74, 6) is -0.291. The Labute approximate surface area is 175 Å². The molecule has 0 saturated heterocycles. The highest BCUT2D eigenvalue weighted by atomic mass is 35.5. The van der Waals surface area contributed by atoms with Gasteiger partial charge in [0, 0.05) is 32.3 Å². The number of halogens is 2. The zero-order valence-corrected chi connectivity index (χ0v) is 17.4. The summed E-state index contributed by atoms with van der Waals surface area (Å²) >= 11 is 11.9. The Balaban J connectivity index is 2.09. The molecule has 28 heavy (non-hydrogen) atoms. The van der Waals surface area contributed by atoms with E-state index in [1.807, 2.05) is 12.1 Å². The first-order chi connectivity index (χ1) is 13.1. The summed E-state index contributed by atoms with van der Waals surface area (Å²) in [5, 5.41) is 1.14. The van der Waals surface area contributed by atoms with Crippen LogP contribution in [0.1, 0.15) is 58.2 Å². The maximum absolute atomic E-state index is 13.0. The lowest BCUT2D eigenvalue weighted by atomic mass is 9.83. The highest BCUT2D eigenvalue weighted by molar-refractivity contribution is 6.31. The summed E-state index contributed by atoms with van der Waals surface area (Å²) in [5.41, 5.74) is 2.72. The smallest absolute Gasteiger partial charge is 0.193 e. The maximum Gasteiger partial charge on any atom is 0.193 e. The number of rotatable bonds is 4.